The van der Waals surface area contributed by atoms with E-state index in [9.17, 15) is 9.18 Å². The summed E-state index contributed by atoms with van der Waals surface area (Å²) in [5.41, 5.74) is 2.12. The average Bonchev–Trinajstić information content (AvgIpc) is 2.97. The van der Waals surface area contributed by atoms with Crippen molar-refractivity contribution in [2.45, 2.75) is 6.54 Å². The molecule has 6 nitrogen and oxygen atoms in total. The van der Waals surface area contributed by atoms with Crippen LogP contribution in [0.1, 0.15) is 5.56 Å². The maximum atomic E-state index is 14.5. The van der Waals surface area contributed by atoms with Gasteiger partial charge in [-0.25, -0.2) is 13.7 Å². The number of carbonyl (C=O) groups is 1. The van der Waals surface area contributed by atoms with E-state index in [2.05, 4.69) is 10.4 Å². The number of carboxylic acid groups (broad SMARTS) is 1. The Kier molecular flexibility index (Phi) is 3.84. The van der Waals surface area contributed by atoms with Crippen molar-refractivity contribution in [2.24, 2.45) is 0 Å². The fourth-order valence-electron chi connectivity index (χ4n) is 2.40. The predicted octanol–water partition coefficient (Wildman–Crippen LogP) is 2.92. The summed E-state index contributed by atoms with van der Waals surface area (Å²) in [6.07, 6.45) is 0.557. The summed E-state index contributed by atoms with van der Waals surface area (Å²) in [5, 5.41) is 15.4. The zero-order chi connectivity index (χ0) is 16.4. The number of methoxy groups -OCH3 is 1. The van der Waals surface area contributed by atoms with Gasteiger partial charge in [0, 0.05) is 23.9 Å². The Morgan fingerprint density at radius 2 is 2.22 bits per heavy atom. The highest BCUT2D eigenvalue weighted by atomic mass is 19.1. The van der Waals surface area contributed by atoms with Crippen molar-refractivity contribution in [2.75, 3.05) is 7.11 Å². The van der Waals surface area contributed by atoms with Crippen LogP contribution in [0.4, 0.5) is 9.18 Å². The SMILES string of the molecule is COc1ccc(-c2cc3ccccn3n2)c(CNC(=O)O)c1F. The van der Waals surface area contributed by atoms with Gasteiger partial charge in [0.15, 0.2) is 11.6 Å². The van der Waals surface area contributed by atoms with Gasteiger partial charge in [-0.2, -0.15) is 5.10 Å². The van der Waals surface area contributed by atoms with Crippen LogP contribution in [-0.4, -0.2) is 27.9 Å². The van der Waals surface area contributed by atoms with Crippen molar-refractivity contribution in [3.63, 3.8) is 0 Å². The van der Waals surface area contributed by atoms with E-state index in [1.807, 2.05) is 24.3 Å². The fraction of sp³-hybridized carbons (Fsp3) is 0.125. The summed E-state index contributed by atoms with van der Waals surface area (Å²) in [7, 11) is 1.36. The van der Waals surface area contributed by atoms with Gasteiger partial charge in [0.25, 0.3) is 0 Å². The standard InChI is InChI=1S/C16H14FN3O3/c1-23-14-6-5-11(12(15(14)17)9-18-16(21)22)13-8-10-4-2-3-7-20(10)19-13/h2-8,18H,9H2,1H3,(H,21,22). The van der Waals surface area contributed by atoms with Crippen molar-refractivity contribution in [3.8, 4) is 17.0 Å². The van der Waals surface area contributed by atoms with Crippen LogP contribution >= 0.6 is 0 Å². The van der Waals surface area contributed by atoms with E-state index in [-0.39, 0.29) is 17.9 Å². The lowest BCUT2D eigenvalue weighted by molar-refractivity contribution is 0.194. The minimum atomic E-state index is -1.23. The molecule has 23 heavy (non-hydrogen) atoms. The highest BCUT2D eigenvalue weighted by Crippen LogP contribution is 2.31. The van der Waals surface area contributed by atoms with Crippen molar-refractivity contribution in [1.29, 1.82) is 0 Å². The molecule has 2 heterocycles. The van der Waals surface area contributed by atoms with Gasteiger partial charge < -0.3 is 15.2 Å². The highest BCUT2D eigenvalue weighted by Gasteiger charge is 2.18. The summed E-state index contributed by atoms with van der Waals surface area (Å²) in [4.78, 5) is 10.7. The van der Waals surface area contributed by atoms with Gasteiger partial charge in [-0.3, -0.25) is 0 Å². The van der Waals surface area contributed by atoms with Gasteiger partial charge in [-0.05, 0) is 30.3 Å². The van der Waals surface area contributed by atoms with Crippen LogP contribution in [-0.2, 0) is 6.54 Å². The largest absolute Gasteiger partial charge is 0.494 e. The van der Waals surface area contributed by atoms with Crippen molar-refractivity contribution in [3.05, 3.63) is 54.0 Å². The van der Waals surface area contributed by atoms with Gasteiger partial charge in [-0.15, -0.1) is 0 Å². The van der Waals surface area contributed by atoms with Gasteiger partial charge in [0.2, 0.25) is 0 Å². The maximum Gasteiger partial charge on any atom is 0.404 e. The van der Waals surface area contributed by atoms with E-state index >= 15 is 0 Å². The Morgan fingerprint density at radius 1 is 1.39 bits per heavy atom. The van der Waals surface area contributed by atoms with Crippen LogP contribution in [0.15, 0.2) is 42.6 Å². The number of fused-ring (bicyclic) bond motifs is 1. The molecule has 0 radical (unpaired) electrons. The first-order valence-corrected chi connectivity index (χ1v) is 6.87. The first kappa shape index (κ1) is 14.8. The van der Waals surface area contributed by atoms with Gasteiger partial charge in [0.05, 0.1) is 18.3 Å². The number of halogens is 1. The minimum Gasteiger partial charge on any atom is -0.494 e. The second kappa shape index (κ2) is 5.96. The lowest BCUT2D eigenvalue weighted by atomic mass is 10.0. The van der Waals surface area contributed by atoms with Crippen molar-refractivity contribution in [1.82, 2.24) is 14.9 Å². The molecular weight excluding hydrogens is 301 g/mol. The molecule has 0 aliphatic rings. The zero-order valence-electron chi connectivity index (χ0n) is 12.3. The number of amides is 1. The molecule has 0 spiro atoms. The molecule has 0 atom stereocenters. The summed E-state index contributed by atoms with van der Waals surface area (Å²) in [6, 6.07) is 10.6. The molecule has 0 saturated carbocycles. The molecule has 0 aliphatic carbocycles. The normalized spacial score (nSPS) is 10.7. The summed E-state index contributed by atoms with van der Waals surface area (Å²) < 4.78 is 21.2. The summed E-state index contributed by atoms with van der Waals surface area (Å²) in [5.74, 6) is -0.546. The van der Waals surface area contributed by atoms with Crippen LogP contribution in [0, 0.1) is 5.82 Å². The molecule has 2 N–H and O–H groups in total. The predicted molar refractivity (Wildman–Crippen MR) is 82.0 cm³/mol. The molecule has 0 saturated heterocycles. The second-order valence-corrected chi connectivity index (χ2v) is 4.87. The summed E-state index contributed by atoms with van der Waals surface area (Å²) >= 11 is 0. The van der Waals surface area contributed by atoms with E-state index in [1.54, 1.807) is 16.8 Å². The average molecular weight is 315 g/mol. The topological polar surface area (TPSA) is 75.9 Å². The Hall–Kier alpha value is -3.09. The minimum absolute atomic E-state index is 0.0553. The first-order valence-electron chi connectivity index (χ1n) is 6.87. The molecule has 2 aromatic heterocycles. The number of hydrogen-bond donors (Lipinski definition) is 2. The van der Waals surface area contributed by atoms with Gasteiger partial charge >= 0.3 is 6.09 Å². The Balaban J connectivity index is 2.13. The molecule has 0 bridgehead atoms. The molecule has 1 aromatic carbocycles. The number of pyridine rings is 1. The Morgan fingerprint density at radius 3 is 2.91 bits per heavy atom. The molecule has 0 unspecified atom stereocenters. The third-order valence-corrected chi connectivity index (χ3v) is 3.49. The highest BCUT2D eigenvalue weighted by molar-refractivity contribution is 5.71. The van der Waals surface area contributed by atoms with Crippen molar-refractivity contribution < 1.29 is 19.0 Å². The molecule has 0 aliphatic heterocycles. The monoisotopic (exact) mass is 315 g/mol. The van der Waals surface area contributed by atoms with Crippen LogP contribution in [0.5, 0.6) is 5.75 Å². The number of nitrogens with zero attached hydrogens (tertiary/aromatic N) is 2. The lowest BCUT2D eigenvalue weighted by Crippen LogP contribution is -2.21. The molecule has 3 rings (SSSR count). The van der Waals surface area contributed by atoms with E-state index in [4.69, 9.17) is 9.84 Å². The van der Waals surface area contributed by atoms with E-state index in [1.165, 1.54) is 13.2 Å². The number of aromatic nitrogens is 2. The molecular formula is C16H14FN3O3. The fourth-order valence-corrected chi connectivity index (χ4v) is 2.40. The quantitative estimate of drug-likeness (QED) is 0.776. The van der Waals surface area contributed by atoms with Crippen LogP contribution in [0.3, 0.4) is 0 Å². The first-order chi connectivity index (χ1) is 11.1. The van der Waals surface area contributed by atoms with E-state index in [0.717, 1.165) is 5.52 Å². The van der Waals surface area contributed by atoms with Crippen LogP contribution < -0.4 is 10.1 Å². The zero-order valence-corrected chi connectivity index (χ0v) is 12.3. The number of nitrogens with one attached hydrogen (secondary N) is 1. The third-order valence-electron chi connectivity index (χ3n) is 3.49. The number of hydrogen-bond acceptors (Lipinski definition) is 3. The Bertz CT molecular complexity index is 843. The van der Waals surface area contributed by atoms with E-state index in [0.29, 0.717) is 11.3 Å². The molecule has 118 valence electrons. The number of benzene rings is 1. The van der Waals surface area contributed by atoms with Crippen molar-refractivity contribution >= 4 is 11.6 Å². The smallest absolute Gasteiger partial charge is 0.404 e. The van der Waals surface area contributed by atoms with Gasteiger partial charge in [0.1, 0.15) is 0 Å². The maximum absolute atomic E-state index is 14.5. The molecule has 0 fully saturated rings. The molecule has 3 aromatic rings. The number of rotatable bonds is 4. The third kappa shape index (κ3) is 2.80. The molecule has 7 heteroatoms. The lowest BCUT2D eigenvalue weighted by Gasteiger charge is -2.12. The molecule has 1 amide bonds. The number of ether oxygens (including phenoxy) is 1. The van der Waals surface area contributed by atoms with Crippen LogP contribution in [0.2, 0.25) is 0 Å². The second-order valence-electron chi connectivity index (χ2n) is 4.87. The summed E-state index contributed by atoms with van der Waals surface area (Å²) in [6.45, 7) is -0.179. The van der Waals surface area contributed by atoms with Gasteiger partial charge in [-0.1, -0.05) is 6.07 Å². The van der Waals surface area contributed by atoms with E-state index < -0.39 is 11.9 Å². The Labute approximate surface area is 131 Å². The van der Waals surface area contributed by atoms with Crippen LogP contribution in [0.25, 0.3) is 16.8 Å².